The first-order valence-corrected chi connectivity index (χ1v) is 2.98. The Morgan fingerprint density at radius 3 is 2.40 bits per heavy atom. The molecule has 0 aromatic heterocycles. The molecule has 10 heavy (non-hydrogen) atoms. The van der Waals surface area contributed by atoms with Crippen LogP contribution in [0.4, 0.5) is 0 Å². The molecule has 4 nitrogen and oxygen atoms in total. The number of hydrogen-bond donors (Lipinski definition) is 2. The second-order valence-corrected chi connectivity index (χ2v) is 1.89. The van der Waals surface area contributed by atoms with Gasteiger partial charge in [0.1, 0.15) is 0 Å². The summed E-state index contributed by atoms with van der Waals surface area (Å²) in [4.78, 5) is 10.6. The van der Waals surface area contributed by atoms with E-state index in [1.54, 1.807) is 6.08 Å². The van der Waals surface area contributed by atoms with Crippen LogP contribution in [0.3, 0.4) is 0 Å². The number of amides is 1. The lowest BCUT2D eigenvalue weighted by atomic mass is 10.2. The normalized spacial score (nSPS) is 11.4. The lowest BCUT2D eigenvalue weighted by Gasteiger charge is -2.04. The fraction of sp³-hybridized carbons (Fsp3) is 0.500. The molecule has 0 aliphatic carbocycles. The highest BCUT2D eigenvalue weighted by Crippen LogP contribution is 1.97. The molecular weight excluding hydrogens is 134 g/mol. The highest BCUT2D eigenvalue weighted by molar-refractivity contribution is 5.90. The lowest BCUT2D eigenvalue weighted by molar-refractivity contribution is -0.281. The Morgan fingerprint density at radius 1 is 1.60 bits per heavy atom. The zero-order chi connectivity index (χ0) is 8.15. The van der Waals surface area contributed by atoms with Crippen molar-refractivity contribution in [1.29, 1.82) is 0 Å². The van der Waals surface area contributed by atoms with Crippen molar-refractivity contribution in [2.45, 2.75) is 20.3 Å². The van der Waals surface area contributed by atoms with E-state index < -0.39 is 11.1 Å². The molecule has 2 N–H and O–H groups in total. The molecule has 0 spiro atoms. The number of hydrogen-bond acceptors (Lipinski definition) is 3. The van der Waals surface area contributed by atoms with E-state index >= 15 is 0 Å². The fourth-order valence-electron chi connectivity index (χ4n) is 0.551. The molecule has 0 rings (SSSR count). The van der Waals surface area contributed by atoms with Crippen molar-refractivity contribution < 1.29 is 15.2 Å². The molecule has 0 unspecified atom stereocenters. The van der Waals surface area contributed by atoms with E-state index in [0.717, 1.165) is 0 Å². The van der Waals surface area contributed by atoms with E-state index in [1.165, 1.54) is 6.92 Å². The maximum absolute atomic E-state index is 10.6. The van der Waals surface area contributed by atoms with E-state index in [2.05, 4.69) is 0 Å². The Hall–Kier alpha value is -0.870. The average molecular weight is 145 g/mol. The van der Waals surface area contributed by atoms with Crippen LogP contribution in [0.2, 0.25) is 0 Å². The molecule has 0 aromatic carbocycles. The van der Waals surface area contributed by atoms with Crippen LogP contribution in [0.25, 0.3) is 0 Å². The van der Waals surface area contributed by atoms with E-state index in [1.807, 2.05) is 6.92 Å². The van der Waals surface area contributed by atoms with Crippen molar-refractivity contribution in [2.24, 2.45) is 0 Å². The molecule has 1 amide bonds. The summed E-state index contributed by atoms with van der Waals surface area (Å²) in [5.41, 5.74) is 0.326. The van der Waals surface area contributed by atoms with Crippen molar-refractivity contribution in [3.8, 4) is 0 Å². The van der Waals surface area contributed by atoms with Crippen LogP contribution in [-0.2, 0) is 4.79 Å². The molecule has 0 saturated carbocycles. The van der Waals surface area contributed by atoms with Gasteiger partial charge in [-0.25, -0.2) is 0 Å². The van der Waals surface area contributed by atoms with Gasteiger partial charge in [-0.3, -0.25) is 15.2 Å². The third kappa shape index (κ3) is 2.61. The minimum Gasteiger partial charge on any atom is -0.265 e. The summed E-state index contributed by atoms with van der Waals surface area (Å²) in [6, 6.07) is 0. The summed E-state index contributed by atoms with van der Waals surface area (Å²) in [6.07, 6.45) is 2.31. The van der Waals surface area contributed by atoms with Crippen molar-refractivity contribution in [1.82, 2.24) is 5.23 Å². The van der Waals surface area contributed by atoms with Gasteiger partial charge in [-0.05, 0) is 13.3 Å². The minimum absolute atomic E-state index is 0.326. The second-order valence-electron chi connectivity index (χ2n) is 1.89. The molecule has 0 aromatic rings. The first-order valence-electron chi connectivity index (χ1n) is 2.98. The molecule has 0 heterocycles. The molecule has 0 atom stereocenters. The largest absolute Gasteiger partial charge is 0.298 e. The van der Waals surface area contributed by atoms with Crippen LogP contribution in [0.1, 0.15) is 20.3 Å². The van der Waals surface area contributed by atoms with Gasteiger partial charge >= 0.3 is 0 Å². The monoisotopic (exact) mass is 145 g/mol. The van der Waals surface area contributed by atoms with Crippen LogP contribution in [0.15, 0.2) is 11.6 Å². The number of rotatable bonds is 2. The summed E-state index contributed by atoms with van der Waals surface area (Å²) in [5.74, 6) is -0.790. The zero-order valence-electron chi connectivity index (χ0n) is 6.03. The molecule has 0 bridgehead atoms. The van der Waals surface area contributed by atoms with Crippen LogP contribution < -0.4 is 0 Å². The molecule has 0 fully saturated rings. The van der Waals surface area contributed by atoms with Gasteiger partial charge in [-0.1, -0.05) is 18.2 Å². The zero-order valence-corrected chi connectivity index (χ0v) is 6.03. The van der Waals surface area contributed by atoms with Crippen molar-refractivity contribution in [3.05, 3.63) is 11.6 Å². The molecule has 0 aliphatic rings. The molecular formula is C6H11NO3. The van der Waals surface area contributed by atoms with Crippen LogP contribution in [-0.4, -0.2) is 21.5 Å². The Labute approximate surface area is 59.3 Å². The van der Waals surface area contributed by atoms with Crippen LogP contribution in [0, 0.1) is 0 Å². The predicted octanol–water partition coefficient (Wildman–Crippen LogP) is 0.950. The molecule has 4 heteroatoms. The fourth-order valence-corrected chi connectivity index (χ4v) is 0.551. The van der Waals surface area contributed by atoms with Gasteiger partial charge in [-0.15, -0.1) is 0 Å². The number of allylic oxidation sites excluding steroid dienone is 1. The molecule has 0 radical (unpaired) electrons. The van der Waals surface area contributed by atoms with Gasteiger partial charge in [0, 0.05) is 5.57 Å². The SMILES string of the molecule is CCC=C(C)C(=O)N(O)O. The van der Waals surface area contributed by atoms with Gasteiger partial charge in [0.15, 0.2) is 0 Å². The van der Waals surface area contributed by atoms with E-state index in [9.17, 15) is 4.79 Å². The maximum Gasteiger partial charge on any atom is 0.298 e. The average Bonchev–Trinajstić information content (AvgIpc) is 1.87. The molecule has 58 valence electrons. The minimum atomic E-state index is -0.790. The number of carbonyl (C=O) groups is 1. The standard InChI is InChI=1S/C6H11NO3/c1-3-4-5(2)6(8)7(9)10/h4,9-10H,3H2,1-2H3. The third-order valence-corrected chi connectivity index (χ3v) is 1.03. The quantitative estimate of drug-likeness (QED) is 0.345. The van der Waals surface area contributed by atoms with Crippen molar-refractivity contribution >= 4 is 5.91 Å². The highest BCUT2D eigenvalue weighted by Gasteiger charge is 2.08. The van der Waals surface area contributed by atoms with Crippen molar-refractivity contribution in [3.63, 3.8) is 0 Å². The summed E-state index contributed by atoms with van der Waals surface area (Å²) in [6.45, 7) is 3.38. The van der Waals surface area contributed by atoms with Crippen LogP contribution in [0.5, 0.6) is 0 Å². The van der Waals surface area contributed by atoms with Gasteiger partial charge in [-0.2, -0.15) is 0 Å². The number of hydroxylamine groups is 2. The summed E-state index contributed by atoms with van der Waals surface area (Å²) in [7, 11) is 0. The van der Waals surface area contributed by atoms with Gasteiger partial charge in [0.25, 0.3) is 5.91 Å². The summed E-state index contributed by atoms with van der Waals surface area (Å²) >= 11 is 0. The van der Waals surface area contributed by atoms with E-state index in [-0.39, 0.29) is 0 Å². The summed E-state index contributed by atoms with van der Waals surface area (Å²) in [5, 5.41) is 16.0. The Bertz CT molecular complexity index is 151. The topological polar surface area (TPSA) is 60.8 Å². The van der Waals surface area contributed by atoms with Gasteiger partial charge < -0.3 is 0 Å². The smallest absolute Gasteiger partial charge is 0.265 e. The Kier molecular flexibility index (Phi) is 3.68. The second kappa shape index (κ2) is 4.03. The third-order valence-electron chi connectivity index (χ3n) is 1.03. The van der Waals surface area contributed by atoms with E-state index in [4.69, 9.17) is 10.4 Å². The highest BCUT2D eigenvalue weighted by atomic mass is 16.8. The van der Waals surface area contributed by atoms with Crippen molar-refractivity contribution in [2.75, 3.05) is 0 Å². The number of nitrogens with zero attached hydrogens (tertiary/aromatic N) is 1. The van der Waals surface area contributed by atoms with Gasteiger partial charge in [0.2, 0.25) is 0 Å². The first-order chi connectivity index (χ1) is 4.59. The maximum atomic E-state index is 10.6. The lowest BCUT2D eigenvalue weighted by Crippen LogP contribution is -2.23. The molecule has 0 saturated heterocycles. The van der Waals surface area contributed by atoms with Crippen LogP contribution >= 0.6 is 0 Å². The van der Waals surface area contributed by atoms with Gasteiger partial charge in [0.05, 0.1) is 0 Å². The molecule has 0 aliphatic heterocycles. The van der Waals surface area contributed by atoms with E-state index in [0.29, 0.717) is 12.0 Å². The Morgan fingerprint density at radius 2 is 2.10 bits per heavy atom. The summed E-state index contributed by atoms with van der Waals surface area (Å²) < 4.78 is 0. The first kappa shape index (κ1) is 9.13. The number of carbonyl (C=O) groups excluding carboxylic acids is 1. The predicted molar refractivity (Wildman–Crippen MR) is 34.5 cm³/mol. The Balaban J connectivity index is 4.08.